The fourth-order valence-electron chi connectivity index (χ4n) is 6.52. The Balaban J connectivity index is 1.16. The van der Waals surface area contributed by atoms with E-state index in [9.17, 15) is 9.59 Å². The molecule has 2 saturated heterocycles. The predicted molar refractivity (Wildman–Crippen MR) is 139 cm³/mol. The van der Waals surface area contributed by atoms with Crippen LogP contribution in [0.3, 0.4) is 0 Å². The lowest BCUT2D eigenvalue weighted by Crippen LogP contribution is -2.36. The normalized spacial score (nSPS) is 23.4. The van der Waals surface area contributed by atoms with E-state index >= 15 is 0 Å². The fraction of sp³-hybridized carbons (Fsp3) is 0.533. The van der Waals surface area contributed by atoms with Crippen LogP contribution in [-0.2, 0) is 4.79 Å². The van der Waals surface area contributed by atoms with Crippen LogP contribution < -0.4 is 5.32 Å². The van der Waals surface area contributed by atoms with Crippen LogP contribution in [0.5, 0.6) is 0 Å². The molecule has 2 aromatic rings. The monoisotopic (exact) mass is 473 g/mol. The van der Waals surface area contributed by atoms with Gasteiger partial charge in [-0.25, -0.2) is 0 Å². The van der Waals surface area contributed by atoms with Gasteiger partial charge in [0.2, 0.25) is 5.91 Å². The number of nitrogens with zero attached hydrogens (tertiary/aromatic N) is 2. The summed E-state index contributed by atoms with van der Waals surface area (Å²) >= 11 is 0. The minimum absolute atomic E-state index is 0.0624. The van der Waals surface area contributed by atoms with E-state index in [0.717, 1.165) is 68.7 Å². The van der Waals surface area contributed by atoms with Gasteiger partial charge in [-0.1, -0.05) is 60.4 Å². The molecule has 1 aliphatic carbocycles. The van der Waals surface area contributed by atoms with Crippen molar-refractivity contribution in [3.8, 4) is 0 Å². The lowest BCUT2D eigenvalue weighted by molar-refractivity contribution is -0.125. The molecule has 2 aliphatic heterocycles. The number of aryl methyl sites for hydroxylation is 2. The van der Waals surface area contributed by atoms with E-state index in [1.807, 2.05) is 18.2 Å². The highest BCUT2D eigenvalue weighted by atomic mass is 16.2. The van der Waals surface area contributed by atoms with E-state index in [1.165, 1.54) is 18.4 Å². The molecule has 0 spiro atoms. The van der Waals surface area contributed by atoms with Crippen molar-refractivity contribution in [2.75, 3.05) is 32.7 Å². The van der Waals surface area contributed by atoms with Gasteiger partial charge >= 0.3 is 0 Å². The van der Waals surface area contributed by atoms with Crippen LogP contribution in [0.15, 0.2) is 48.5 Å². The highest BCUT2D eigenvalue weighted by Gasteiger charge is 2.41. The van der Waals surface area contributed by atoms with E-state index < -0.39 is 0 Å². The van der Waals surface area contributed by atoms with Gasteiger partial charge in [0.25, 0.3) is 5.91 Å². The molecule has 3 fully saturated rings. The Morgan fingerprint density at radius 3 is 2.17 bits per heavy atom. The number of nitrogens with one attached hydrogen (secondary N) is 1. The highest BCUT2D eigenvalue weighted by Crippen LogP contribution is 2.33. The Kier molecular flexibility index (Phi) is 7.24. The van der Waals surface area contributed by atoms with Crippen molar-refractivity contribution in [1.29, 1.82) is 0 Å². The van der Waals surface area contributed by atoms with E-state index in [-0.39, 0.29) is 23.8 Å². The summed E-state index contributed by atoms with van der Waals surface area (Å²) in [4.78, 5) is 30.6. The zero-order chi connectivity index (χ0) is 24.4. The lowest BCUT2D eigenvalue weighted by atomic mass is 10.0. The number of hydrogen-bond acceptors (Lipinski definition) is 3. The number of benzene rings is 2. The van der Waals surface area contributed by atoms with Crippen LogP contribution in [-0.4, -0.2) is 54.3 Å². The first-order chi connectivity index (χ1) is 17.0. The fourth-order valence-corrected chi connectivity index (χ4v) is 6.52. The van der Waals surface area contributed by atoms with Gasteiger partial charge in [-0.2, -0.15) is 0 Å². The van der Waals surface area contributed by atoms with E-state index in [4.69, 9.17) is 0 Å². The molecule has 5 rings (SSSR count). The summed E-state index contributed by atoms with van der Waals surface area (Å²) < 4.78 is 0. The van der Waals surface area contributed by atoms with Crippen molar-refractivity contribution >= 4 is 11.8 Å². The van der Waals surface area contributed by atoms with Crippen molar-refractivity contribution in [3.63, 3.8) is 0 Å². The first-order valence-electron chi connectivity index (χ1n) is 13.4. The second-order valence-electron chi connectivity index (χ2n) is 11.1. The third kappa shape index (κ3) is 5.61. The summed E-state index contributed by atoms with van der Waals surface area (Å²) in [6.07, 6.45) is 5.33. The Morgan fingerprint density at radius 2 is 1.54 bits per heavy atom. The number of carbonyl (C=O) groups is 2. The summed E-state index contributed by atoms with van der Waals surface area (Å²) in [6, 6.07) is 16.6. The molecule has 0 radical (unpaired) electrons. The van der Waals surface area contributed by atoms with Gasteiger partial charge in [-0.15, -0.1) is 0 Å². The van der Waals surface area contributed by atoms with Crippen LogP contribution in [0, 0.1) is 31.6 Å². The Bertz CT molecular complexity index is 1010. The average molecular weight is 474 g/mol. The Hall–Kier alpha value is -2.66. The molecule has 1 saturated carbocycles. The highest BCUT2D eigenvalue weighted by molar-refractivity contribution is 5.94. The largest absolute Gasteiger partial charge is 0.349 e. The maximum Gasteiger partial charge on any atom is 0.253 e. The molecule has 1 N–H and O–H groups in total. The van der Waals surface area contributed by atoms with Gasteiger partial charge in [-0.05, 0) is 62.6 Å². The maximum absolute atomic E-state index is 13.1. The number of fused-ring (bicyclic) bond motifs is 1. The number of likely N-dealkylation sites (tertiary alicyclic amines) is 2. The SMILES string of the molecule is Cc1cc(C)cc(C(=O)N2CC3CN(CC[C@H](NC(=O)C4CCCC4)c4ccccc4)CC3C2)c1. The van der Waals surface area contributed by atoms with Crippen LogP contribution in [0.2, 0.25) is 0 Å². The van der Waals surface area contributed by atoms with Crippen LogP contribution in [0.4, 0.5) is 0 Å². The molecule has 2 heterocycles. The second kappa shape index (κ2) is 10.5. The molecule has 186 valence electrons. The molecule has 2 unspecified atom stereocenters. The number of carbonyl (C=O) groups excluding carboxylic acids is 2. The molecule has 3 atom stereocenters. The molecule has 2 aromatic carbocycles. The first kappa shape index (κ1) is 24.1. The Morgan fingerprint density at radius 1 is 0.914 bits per heavy atom. The second-order valence-corrected chi connectivity index (χ2v) is 11.1. The molecule has 35 heavy (non-hydrogen) atoms. The molecule has 5 heteroatoms. The zero-order valence-electron chi connectivity index (χ0n) is 21.2. The number of rotatable bonds is 7. The third-order valence-electron chi connectivity index (χ3n) is 8.30. The molecule has 5 nitrogen and oxygen atoms in total. The summed E-state index contributed by atoms with van der Waals surface area (Å²) in [5.74, 6) is 1.70. The van der Waals surface area contributed by atoms with Crippen molar-refractivity contribution in [2.45, 2.75) is 52.0 Å². The summed E-state index contributed by atoms with van der Waals surface area (Å²) in [7, 11) is 0. The minimum Gasteiger partial charge on any atom is -0.349 e. The molecular formula is C30H39N3O2. The van der Waals surface area contributed by atoms with E-state index in [1.54, 1.807) is 0 Å². The number of amides is 2. The van der Waals surface area contributed by atoms with Crippen LogP contribution in [0.1, 0.15) is 65.2 Å². The predicted octanol–water partition coefficient (Wildman–Crippen LogP) is 4.75. The summed E-state index contributed by atoms with van der Waals surface area (Å²) in [6.45, 7) is 8.88. The summed E-state index contributed by atoms with van der Waals surface area (Å²) in [5, 5.41) is 3.38. The van der Waals surface area contributed by atoms with Gasteiger partial charge in [0, 0.05) is 44.2 Å². The molecular weight excluding hydrogens is 434 g/mol. The van der Waals surface area contributed by atoms with Gasteiger partial charge < -0.3 is 15.1 Å². The minimum atomic E-state index is 0.0624. The smallest absolute Gasteiger partial charge is 0.253 e. The van der Waals surface area contributed by atoms with Crippen LogP contribution >= 0.6 is 0 Å². The molecule has 0 aromatic heterocycles. The van der Waals surface area contributed by atoms with Crippen molar-refractivity contribution in [1.82, 2.24) is 15.1 Å². The van der Waals surface area contributed by atoms with E-state index in [2.05, 4.69) is 59.3 Å². The standard InChI is InChI=1S/C30H39N3O2/c1-21-14-22(2)16-25(15-21)30(35)33-19-26-17-32(18-27(26)20-33)13-12-28(23-8-4-3-5-9-23)31-29(34)24-10-6-7-11-24/h3-5,8-9,14-16,24,26-28H,6-7,10-13,17-20H2,1-2H3,(H,31,34)/t26?,27?,28-/m0/s1. The average Bonchev–Trinajstić information content (AvgIpc) is 3.58. The van der Waals surface area contributed by atoms with E-state index in [0.29, 0.717) is 11.8 Å². The summed E-state index contributed by atoms with van der Waals surface area (Å²) in [5.41, 5.74) is 4.31. The molecule has 3 aliphatic rings. The third-order valence-corrected chi connectivity index (χ3v) is 8.30. The first-order valence-corrected chi connectivity index (χ1v) is 13.4. The zero-order valence-corrected chi connectivity index (χ0v) is 21.2. The Labute approximate surface area is 209 Å². The molecule has 2 amide bonds. The van der Waals surface area contributed by atoms with Crippen molar-refractivity contribution in [3.05, 3.63) is 70.8 Å². The van der Waals surface area contributed by atoms with Crippen molar-refractivity contribution < 1.29 is 9.59 Å². The van der Waals surface area contributed by atoms with Crippen molar-refractivity contribution in [2.24, 2.45) is 17.8 Å². The number of hydrogen-bond donors (Lipinski definition) is 1. The van der Waals surface area contributed by atoms with Crippen LogP contribution in [0.25, 0.3) is 0 Å². The maximum atomic E-state index is 13.1. The van der Waals surface area contributed by atoms with Gasteiger partial charge in [0.05, 0.1) is 6.04 Å². The van der Waals surface area contributed by atoms with Gasteiger partial charge in [-0.3, -0.25) is 9.59 Å². The molecule has 0 bridgehead atoms. The van der Waals surface area contributed by atoms with Gasteiger partial charge in [0.1, 0.15) is 0 Å². The lowest BCUT2D eigenvalue weighted by Gasteiger charge is -2.26. The topological polar surface area (TPSA) is 52.7 Å². The van der Waals surface area contributed by atoms with Gasteiger partial charge in [0.15, 0.2) is 0 Å². The quantitative estimate of drug-likeness (QED) is 0.632.